The number of hydrogen-bond acceptors (Lipinski definition) is 3. The minimum Gasteiger partial charge on any atom is -0.494 e. The summed E-state index contributed by atoms with van der Waals surface area (Å²) in [5.74, 6) is 0.863. The SMILES string of the molecule is CCOc1ccc(Cc2cc(C(C)N)nn2-c2ccc(Cl)cc2Cl)cc1. The summed E-state index contributed by atoms with van der Waals surface area (Å²) in [6.45, 7) is 4.54. The smallest absolute Gasteiger partial charge is 0.119 e. The Morgan fingerprint density at radius 1 is 1.12 bits per heavy atom. The fourth-order valence-electron chi connectivity index (χ4n) is 2.73. The van der Waals surface area contributed by atoms with Gasteiger partial charge in [0, 0.05) is 23.2 Å². The number of halogens is 2. The van der Waals surface area contributed by atoms with Crippen molar-refractivity contribution in [1.82, 2.24) is 9.78 Å². The number of nitrogens with zero attached hydrogens (tertiary/aromatic N) is 2. The zero-order chi connectivity index (χ0) is 18.7. The van der Waals surface area contributed by atoms with Crippen LogP contribution < -0.4 is 10.5 Å². The number of nitrogens with two attached hydrogens (primary N) is 1. The van der Waals surface area contributed by atoms with Crippen molar-refractivity contribution >= 4 is 23.2 Å². The molecule has 0 saturated carbocycles. The second kappa shape index (κ2) is 8.12. The highest BCUT2D eigenvalue weighted by molar-refractivity contribution is 6.35. The topological polar surface area (TPSA) is 53.1 Å². The minimum atomic E-state index is -0.165. The molecule has 0 bridgehead atoms. The van der Waals surface area contributed by atoms with E-state index in [0.717, 1.165) is 28.4 Å². The molecule has 0 amide bonds. The number of hydrogen-bond donors (Lipinski definition) is 1. The van der Waals surface area contributed by atoms with Crippen LogP contribution in [0.25, 0.3) is 5.69 Å². The molecule has 1 heterocycles. The van der Waals surface area contributed by atoms with Crippen molar-refractivity contribution in [3.05, 3.63) is 75.5 Å². The largest absolute Gasteiger partial charge is 0.494 e. The zero-order valence-electron chi connectivity index (χ0n) is 14.7. The van der Waals surface area contributed by atoms with Crippen molar-refractivity contribution in [3.63, 3.8) is 0 Å². The van der Waals surface area contributed by atoms with E-state index in [1.165, 1.54) is 0 Å². The Bertz CT molecular complexity index is 889. The molecule has 0 aliphatic rings. The Morgan fingerprint density at radius 2 is 1.85 bits per heavy atom. The number of aromatic nitrogens is 2. The molecule has 1 aromatic heterocycles. The van der Waals surface area contributed by atoms with Gasteiger partial charge in [0.2, 0.25) is 0 Å². The normalized spacial score (nSPS) is 12.2. The van der Waals surface area contributed by atoms with Crippen molar-refractivity contribution in [2.45, 2.75) is 26.3 Å². The van der Waals surface area contributed by atoms with Gasteiger partial charge >= 0.3 is 0 Å². The zero-order valence-corrected chi connectivity index (χ0v) is 16.3. The lowest BCUT2D eigenvalue weighted by Crippen LogP contribution is -2.07. The molecule has 0 radical (unpaired) electrons. The van der Waals surface area contributed by atoms with Gasteiger partial charge in [-0.15, -0.1) is 0 Å². The van der Waals surface area contributed by atoms with Crippen LogP contribution in [0.2, 0.25) is 10.0 Å². The van der Waals surface area contributed by atoms with Crippen molar-refractivity contribution in [1.29, 1.82) is 0 Å². The molecule has 2 aromatic carbocycles. The van der Waals surface area contributed by atoms with Crippen LogP contribution in [0.3, 0.4) is 0 Å². The van der Waals surface area contributed by atoms with Crippen LogP contribution in [-0.2, 0) is 6.42 Å². The summed E-state index contributed by atoms with van der Waals surface area (Å²) in [4.78, 5) is 0. The van der Waals surface area contributed by atoms with Crippen LogP contribution in [-0.4, -0.2) is 16.4 Å². The molecule has 2 N–H and O–H groups in total. The second-order valence-corrected chi connectivity index (χ2v) is 6.95. The van der Waals surface area contributed by atoms with Gasteiger partial charge in [-0.25, -0.2) is 4.68 Å². The maximum atomic E-state index is 6.39. The van der Waals surface area contributed by atoms with E-state index in [2.05, 4.69) is 17.2 Å². The van der Waals surface area contributed by atoms with Gasteiger partial charge in [0.15, 0.2) is 0 Å². The van der Waals surface area contributed by atoms with E-state index in [1.807, 2.05) is 42.8 Å². The van der Waals surface area contributed by atoms with Gasteiger partial charge in [0.05, 0.1) is 23.0 Å². The lowest BCUT2D eigenvalue weighted by molar-refractivity contribution is 0.340. The summed E-state index contributed by atoms with van der Waals surface area (Å²) in [5, 5.41) is 5.79. The molecule has 1 atom stereocenters. The van der Waals surface area contributed by atoms with Crippen molar-refractivity contribution in [3.8, 4) is 11.4 Å². The first-order valence-corrected chi connectivity index (χ1v) is 9.25. The Kier molecular flexibility index (Phi) is 5.87. The number of rotatable bonds is 6. The van der Waals surface area contributed by atoms with Gasteiger partial charge < -0.3 is 10.5 Å². The molecule has 6 heteroatoms. The first-order chi connectivity index (χ1) is 12.5. The lowest BCUT2D eigenvalue weighted by Gasteiger charge is -2.10. The molecular weight excluding hydrogens is 369 g/mol. The summed E-state index contributed by atoms with van der Waals surface area (Å²) in [7, 11) is 0. The van der Waals surface area contributed by atoms with Gasteiger partial charge in [-0.1, -0.05) is 35.3 Å². The molecule has 0 aliphatic heterocycles. The summed E-state index contributed by atoms with van der Waals surface area (Å²) < 4.78 is 7.34. The third-order valence-electron chi connectivity index (χ3n) is 4.03. The van der Waals surface area contributed by atoms with Crippen molar-refractivity contribution in [2.24, 2.45) is 5.73 Å². The molecular formula is C20H21Cl2N3O. The molecule has 0 aliphatic carbocycles. The highest BCUT2D eigenvalue weighted by Crippen LogP contribution is 2.27. The maximum absolute atomic E-state index is 6.39. The summed E-state index contributed by atoms with van der Waals surface area (Å²) >= 11 is 12.4. The summed E-state index contributed by atoms with van der Waals surface area (Å²) in [6, 6.07) is 15.3. The Morgan fingerprint density at radius 3 is 2.46 bits per heavy atom. The van der Waals surface area contributed by atoms with Crippen LogP contribution >= 0.6 is 23.2 Å². The van der Waals surface area contributed by atoms with Crippen molar-refractivity contribution in [2.75, 3.05) is 6.61 Å². The van der Waals surface area contributed by atoms with E-state index in [-0.39, 0.29) is 6.04 Å². The van der Waals surface area contributed by atoms with Crippen molar-refractivity contribution < 1.29 is 4.74 Å². The van der Waals surface area contributed by atoms with Crippen LogP contribution in [0, 0.1) is 0 Å². The van der Waals surface area contributed by atoms with Gasteiger partial charge in [0.25, 0.3) is 0 Å². The van der Waals surface area contributed by atoms with Crippen LogP contribution in [0.5, 0.6) is 5.75 Å². The standard InChI is InChI=1S/C20H21Cl2N3O/c1-3-26-17-7-4-14(5-8-17)10-16-12-19(13(2)23)24-25(16)20-9-6-15(21)11-18(20)22/h4-9,11-13H,3,10,23H2,1-2H3. The number of ether oxygens (including phenoxy) is 1. The predicted octanol–water partition coefficient (Wildman–Crippen LogP) is 5.19. The second-order valence-electron chi connectivity index (χ2n) is 6.11. The molecule has 26 heavy (non-hydrogen) atoms. The Balaban J connectivity index is 1.97. The van der Waals surface area contributed by atoms with E-state index in [0.29, 0.717) is 23.1 Å². The van der Waals surface area contributed by atoms with E-state index in [1.54, 1.807) is 12.1 Å². The molecule has 0 fully saturated rings. The quantitative estimate of drug-likeness (QED) is 0.630. The third kappa shape index (κ3) is 4.21. The molecule has 0 spiro atoms. The minimum absolute atomic E-state index is 0.165. The highest BCUT2D eigenvalue weighted by atomic mass is 35.5. The first kappa shape index (κ1) is 18.8. The first-order valence-electron chi connectivity index (χ1n) is 8.49. The van der Waals surface area contributed by atoms with E-state index in [9.17, 15) is 0 Å². The average Bonchev–Trinajstić information content (AvgIpc) is 3.01. The van der Waals surface area contributed by atoms with Crippen LogP contribution in [0.15, 0.2) is 48.5 Å². The Labute approximate surface area is 163 Å². The Hall–Kier alpha value is -2.01. The van der Waals surface area contributed by atoms with E-state index >= 15 is 0 Å². The van der Waals surface area contributed by atoms with Gasteiger partial charge in [-0.05, 0) is 55.8 Å². The molecule has 3 rings (SSSR count). The predicted molar refractivity (Wildman–Crippen MR) is 107 cm³/mol. The molecule has 0 saturated heterocycles. The monoisotopic (exact) mass is 389 g/mol. The van der Waals surface area contributed by atoms with E-state index < -0.39 is 0 Å². The van der Waals surface area contributed by atoms with Gasteiger partial charge in [-0.2, -0.15) is 5.10 Å². The summed E-state index contributed by atoms with van der Waals surface area (Å²) in [5.41, 5.74) is 9.79. The molecule has 1 unspecified atom stereocenters. The van der Waals surface area contributed by atoms with Gasteiger partial charge in [0.1, 0.15) is 5.75 Å². The average molecular weight is 390 g/mol. The fourth-order valence-corrected chi connectivity index (χ4v) is 3.22. The summed E-state index contributed by atoms with van der Waals surface area (Å²) in [6.07, 6.45) is 0.699. The number of benzene rings is 2. The van der Waals surface area contributed by atoms with Gasteiger partial charge in [-0.3, -0.25) is 0 Å². The fraction of sp³-hybridized carbons (Fsp3) is 0.250. The molecule has 4 nitrogen and oxygen atoms in total. The van der Waals surface area contributed by atoms with E-state index in [4.69, 9.17) is 33.7 Å². The lowest BCUT2D eigenvalue weighted by atomic mass is 10.1. The third-order valence-corrected chi connectivity index (χ3v) is 4.56. The van der Waals surface area contributed by atoms with Crippen LogP contribution in [0.1, 0.15) is 36.8 Å². The molecule has 3 aromatic rings. The maximum Gasteiger partial charge on any atom is 0.119 e. The van der Waals surface area contributed by atoms with Crippen LogP contribution in [0.4, 0.5) is 0 Å². The molecule has 136 valence electrons. The highest BCUT2D eigenvalue weighted by Gasteiger charge is 2.15.